The van der Waals surface area contributed by atoms with Gasteiger partial charge in [0.2, 0.25) is 5.91 Å². The number of rotatable bonds is 5. The molecule has 2 aromatic carbocycles. The highest BCUT2D eigenvalue weighted by atomic mass is 16.5. The maximum Gasteiger partial charge on any atom is 0.407 e. The molecule has 0 aromatic heterocycles. The lowest BCUT2D eigenvalue weighted by atomic mass is 9.76. The van der Waals surface area contributed by atoms with Crippen molar-refractivity contribution in [3.8, 4) is 11.1 Å². The number of carboxylic acid groups (broad SMARTS) is 1. The highest BCUT2D eigenvalue weighted by Gasteiger charge is 2.50. The zero-order valence-corrected chi connectivity index (χ0v) is 17.9. The predicted molar refractivity (Wildman–Crippen MR) is 117 cm³/mol. The molecule has 0 radical (unpaired) electrons. The van der Waals surface area contributed by atoms with Crippen LogP contribution in [0.5, 0.6) is 0 Å². The van der Waals surface area contributed by atoms with E-state index in [2.05, 4.69) is 29.6 Å². The number of hydrogen-bond acceptors (Lipinski definition) is 4. The minimum atomic E-state index is -0.870. The number of ether oxygens (including phenoxy) is 1. The second-order valence-electron chi connectivity index (χ2n) is 9.40. The number of likely N-dealkylation sites (tertiary alicyclic amines) is 1. The Labute approximate surface area is 186 Å². The summed E-state index contributed by atoms with van der Waals surface area (Å²) in [5.74, 6) is -1.04. The summed E-state index contributed by atoms with van der Waals surface area (Å²) in [7, 11) is 0. The SMILES string of the molecule is CC1(C(=O)O)CN(C(=O)C2CC(NC(=O)OCC3c4ccccc4-c4ccccc43)C2)C1. The Morgan fingerprint density at radius 3 is 2.16 bits per heavy atom. The number of nitrogens with one attached hydrogen (secondary N) is 1. The number of amides is 2. The molecular weight excluding hydrogens is 408 g/mol. The number of carboxylic acids is 1. The van der Waals surface area contributed by atoms with Crippen LogP contribution in [0.3, 0.4) is 0 Å². The van der Waals surface area contributed by atoms with Gasteiger partial charge in [-0.2, -0.15) is 0 Å². The first-order chi connectivity index (χ1) is 15.4. The number of carbonyl (C=O) groups excluding carboxylic acids is 2. The van der Waals surface area contributed by atoms with Gasteiger partial charge in [0.05, 0.1) is 5.41 Å². The van der Waals surface area contributed by atoms with Crippen LogP contribution in [0.2, 0.25) is 0 Å². The van der Waals surface area contributed by atoms with Crippen LogP contribution < -0.4 is 5.32 Å². The summed E-state index contributed by atoms with van der Waals surface area (Å²) in [6.07, 6.45) is 0.650. The molecule has 0 bridgehead atoms. The molecule has 5 rings (SSSR count). The highest BCUT2D eigenvalue weighted by molar-refractivity contribution is 5.85. The number of alkyl carbamates (subject to hydrolysis) is 1. The van der Waals surface area contributed by atoms with Gasteiger partial charge in [-0.05, 0) is 42.0 Å². The maximum absolute atomic E-state index is 12.5. The Bertz CT molecular complexity index is 1040. The largest absolute Gasteiger partial charge is 0.481 e. The van der Waals surface area contributed by atoms with Crippen molar-refractivity contribution < 1.29 is 24.2 Å². The van der Waals surface area contributed by atoms with Gasteiger partial charge in [0, 0.05) is 31.0 Å². The fourth-order valence-corrected chi connectivity index (χ4v) is 5.09. The van der Waals surface area contributed by atoms with Crippen LogP contribution in [0.25, 0.3) is 11.1 Å². The predicted octanol–water partition coefficient (Wildman–Crippen LogP) is 3.24. The van der Waals surface area contributed by atoms with Crippen LogP contribution in [0.1, 0.15) is 36.8 Å². The molecule has 0 spiro atoms. The third kappa shape index (κ3) is 3.42. The molecule has 2 N–H and O–H groups in total. The number of hydrogen-bond donors (Lipinski definition) is 2. The highest BCUT2D eigenvalue weighted by Crippen LogP contribution is 2.44. The van der Waals surface area contributed by atoms with Crippen molar-refractivity contribution in [3.63, 3.8) is 0 Å². The minimum Gasteiger partial charge on any atom is -0.481 e. The normalized spacial score (nSPS) is 22.7. The van der Waals surface area contributed by atoms with Crippen LogP contribution in [0, 0.1) is 11.3 Å². The first-order valence-electron chi connectivity index (χ1n) is 11.0. The van der Waals surface area contributed by atoms with E-state index in [0.29, 0.717) is 12.8 Å². The zero-order chi connectivity index (χ0) is 22.5. The van der Waals surface area contributed by atoms with E-state index in [1.807, 2.05) is 24.3 Å². The van der Waals surface area contributed by atoms with Crippen LogP contribution in [0.15, 0.2) is 48.5 Å². The first kappa shape index (κ1) is 20.5. The molecule has 2 fully saturated rings. The molecule has 0 unspecified atom stereocenters. The molecule has 3 aliphatic rings. The van der Waals surface area contributed by atoms with Gasteiger partial charge in [0.25, 0.3) is 0 Å². The van der Waals surface area contributed by atoms with Gasteiger partial charge in [0.1, 0.15) is 6.61 Å². The van der Waals surface area contributed by atoms with Crippen molar-refractivity contribution in [2.45, 2.75) is 31.7 Å². The van der Waals surface area contributed by atoms with Crippen molar-refractivity contribution >= 4 is 18.0 Å². The molecule has 0 atom stereocenters. The van der Waals surface area contributed by atoms with E-state index in [0.717, 1.165) is 0 Å². The summed E-state index contributed by atoms with van der Waals surface area (Å²) >= 11 is 0. The van der Waals surface area contributed by atoms with Gasteiger partial charge in [-0.15, -0.1) is 0 Å². The quantitative estimate of drug-likeness (QED) is 0.753. The van der Waals surface area contributed by atoms with E-state index in [1.54, 1.807) is 11.8 Å². The third-order valence-electron chi connectivity index (χ3n) is 7.06. The van der Waals surface area contributed by atoms with Crippen molar-refractivity contribution in [1.82, 2.24) is 10.2 Å². The van der Waals surface area contributed by atoms with E-state index in [-0.39, 0.29) is 43.5 Å². The third-order valence-corrected chi connectivity index (χ3v) is 7.06. The Hall–Kier alpha value is -3.35. The topological polar surface area (TPSA) is 95.9 Å². The summed E-state index contributed by atoms with van der Waals surface area (Å²) < 4.78 is 5.56. The maximum atomic E-state index is 12.5. The van der Waals surface area contributed by atoms with Gasteiger partial charge >= 0.3 is 12.1 Å². The van der Waals surface area contributed by atoms with Crippen LogP contribution in [-0.4, -0.2) is 53.7 Å². The van der Waals surface area contributed by atoms with Gasteiger partial charge in [-0.1, -0.05) is 48.5 Å². The molecule has 32 heavy (non-hydrogen) atoms. The second-order valence-corrected chi connectivity index (χ2v) is 9.40. The molecule has 1 heterocycles. The zero-order valence-electron chi connectivity index (χ0n) is 17.9. The van der Waals surface area contributed by atoms with Crippen molar-refractivity contribution in [1.29, 1.82) is 0 Å². The average molecular weight is 434 g/mol. The number of carbonyl (C=O) groups is 3. The van der Waals surface area contributed by atoms with Gasteiger partial charge in [0.15, 0.2) is 0 Å². The molecular formula is C25H26N2O5. The molecule has 2 aliphatic carbocycles. The summed E-state index contributed by atoms with van der Waals surface area (Å²) in [5.41, 5.74) is 3.86. The van der Waals surface area contributed by atoms with Crippen molar-refractivity contribution in [3.05, 3.63) is 59.7 Å². The van der Waals surface area contributed by atoms with Crippen LogP contribution >= 0.6 is 0 Å². The fourth-order valence-electron chi connectivity index (χ4n) is 5.09. The lowest BCUT2D eigenvalue weighted by Gasteiger charge is -2.48. The van der Waals surface area contributed by atoms with Crippen molar-refractivity contribution in [2.24, 2.45) is 11.3 Å². The summed E-state index contributed by atoms with van der Waals surface area (Å²) in [5, 5.41) is 12.0. The molecule has 1 saturated carbocycles. The van der Waals surface area contributed by atoms with E-state index >= 15 is 0 Å². The lowest BCUT2D eigenvalue weighted by Crippen LogP contribution is -2.63. The first-order valence-corrected chi connectivity index (χ1v) is 11.0. The molecule has 2 amide bonds. The Morgan fingerprint density at radius 1 is 1.03 bits per heavy atom. The fraction of sp³-hybridized carbons (Fsp3) is 0.400. The molecule has 2 aromatic rings. The van der Waals surface area contributed by atoms with Crippen LogP contribution in [0.4, 0.5) is 4.79 Å². The van der Waals surface area contributed by atoms with Crippen molar-refractivity contribution in [2.75, 3.05) is 19.7 Å². The summed E-state index contributed by atoms with van der Waals surface area (Å²) in [4.78, 5) is 37.6. The Balaban J connectivity index is 1.10. The minimum absolute atomic E-state index is 0.0128. The Kier molecular flexibility index (Phi) is 4.92. The monoisotopic (exact) mass is 434 g/mol. The summed E-state index contributed by atoms with van der Waals surface area (Å²) in [6.45, 7) is 2.42. The van der Waals surface area contributed by atoms with Crippen LogP contribution in [-0.2, 0) is 14.3 Å². The van der Waals surface area contributed by atoms with Gasteiger partial charge in [-0.3, -0.25) is 9.59 Å². The lowest BCUT2D eigenvalue weighted by molar-refractivity contribution is -0.167. The number of fused-ring (bicyclic) bond motifs is 3. The second kappa shape index (κ2) is 7.65. The Morgan fingerprint density at radius 2 is 1.59 bits per heavy atom. The molecule has 1 saturated heterocycles. The molecule has 166 valence electrons. The van der Waals surface area contributed by atoms with E-state index < -0.39 is 17.5 Å². The number of benzene rings is 2. The number of nitrogens with zero attached hydrogens (tertiary/aromatic N) is 1. The smallest absolute Gasteiger partial charge is 0.407 e. The van der Waals surface area contributed by atoms with E-state index in [9.17, 15) is 19.5 Å². The summed E-state index contributed by atoms with van der Waals surface area (Å²) in [6, 6.07) is 16.3. The average Bonchev–Trinajstić information content (AvgIpc) is 3.05. The van der Waals surface area contributed by atoms with E-state index in [1.165, 1.54) is 22.3 Å². The molecule has 7 heteroatoms. The molecule has 7 nitrogen and oxygen atoms in total. The van der Waals surface area contributed by atoms with Gasteiger partial charge < -0.3 is 20.1 Å². The number of aliphatic carboxylic acids is 1. The van der Waals surface area contributed by atoms with Gasteiger partial charge in [-0.25, -0.2) is 4.79 Å². The molecule has 1 aliphatic heterocycles. The van der Waals surface area contributed by atoms with E-state index in [4.69, 9.17) is 4.74 Å². The standard InChI is InChI=1S/C25H26N2O5/c1-25(23(29)30)13-27(14-25)22(28)15-10-16(11-15)26-24(31)32-12-21-19-8-4-2-6-17(19)18-7-3-5-9-20(18)21/h2-9,15-16,21H,10-14H2,1H3,(H,26,31)(H,29,30).